The smallest absolute Gasteiger partial charge is 0.321 e. The third kappa shape index (κ3) is 6.28. The van der Waals surface area contributed by atoms with Crippen LogP contribution >= 0.6 is 11.8 Å². The summed E-state index contributed by atoms with van der Waals surface area (Å²) in [6.07, 6.45) is 7.95. The van der Waals surface area contributed by atoms with Crippen molar-refractivity contribution in [3.8, 4) is 11.5 Å². The minimum Gasteiger partial charge on any atom is -0.465 e. The first-order valence-corrected chi connectivity index (χ1v) is 11.8. The van der Waals surface area contributed by atoms with E-state index >= 15 is 0 Å². The van der Waals surface area contributed by atoms with Crippen molar-refractivity contribution in [3.05, 3.63) is 59.6 Å². The molecule has 33 heavy (non-hydrogen) atoms. The number of pyridine rings is 1. The largest absolute Gasteiger partial charge is 0.465 e. The number of esters is 1. The fourth-order valence-corrected chi connectivity index (χ4v) is 3.96. The van der Waals surface area contributed by atoms with Crippen molar-refractivity contribution in [1.29, 1.82) is 0 Å². The van der Waals surface area contributed by atoms with Gasteiger partial charge < -0.3 is 18.5 Å². The van der Waals surface area contributed by atoms with Crippen LogP contribution in [-0.2, 0) is 16.0 Å². The number of hydrogen-bond acceptors (Lipinski definition) is 8. The monoisotopic (exact) mass is 469 g/mol. The normalized spacial score (nSPS) is 11.8. The lowest BCUT2D eigenvalue weighted by molar-refractivity contribution is -0.145. The molecule has 8 heteroatoms. The summed E-state index contributed by atoms with van der Waals surface area (Å²) in [5, 5.41) is 0. The predicted octanol–water partition coefficient (Wildman–Crippen LogP) is 5.38. The SMILES string of the molecule is CCOC(=O)C(C)(C)SCC=Cc1ccc(Cc2nc(-c3cnccc3N(C)C)oc2C)o1. The molecule has 0 radical (unpaired) electrons. The van der Waals surface area contributed by atoms with E-state index in [2.05, 4.69) is 4.98 Å². The molecule has 0 saturated heterocycles. The molecule has 0 aromatic carbocycles. The maximum absolute atomic E-state index is 12.0. The van der Waals surface area contributed by atoms with Crippen LogP contribution in [0.4, 0.5) is 5.69 Å². The van der Waals surface area contributed by atoms with Gasteiger partial charge in [-0.15, -0.1) is 11.8 Å². The Labute approximate surface area is 199 Å². The van der Waals surface area contributed by atoms with Crippen LogP contribution < -0.4 is 4.90 Å². The lowest BCUT2D eigenvalue weighted by Gasteiger charge is -2.20. The molecule has 3 heterocycles. The Kier molecular flexibility index (Phi) is 8.02. The first-order chi connectivity index (χ1) is 15.7. The lowest BCUT2D eigenvalue weighted by atomic mass is 10.2. The van der Waals surface area contributed by atoms with Gasteiger partial charge in [0.2, 0.25) is 5.89 Å². The van der Waals surface area contributed by atoms with Crippen molar-refractivity contribution in [1.82, 2.24) is 9.97 Å². The van der Waals surface area contributed by atoms with E-state index in [0.717, 1.165) is 34.2 Å². The summed E-state index contributed by atoms with van der Waals surface area (Å²) in [6.45, 7) is 7.85. The van der Waals surface area contributed by atoms with E-state index in [1.165, 1.54) is 11.8 Å². The number of furan rings is 1. The van der Waals surface area contributed by atoms with Gasteiger partial charge in [0.15, 0.2) is 0 Å². The molecule has 7 nitrogen and oxygen atoms in total. The number of aryl methyl sites for hydroxylation is 1. The molecule has 0 unspecified atom stereocenters. The Morgan fingerprint density at radius 1 is 1.24 bits per heavy atom. The number of nitrogens with zero attached hydrogens (tertiary/aromatic N) is 3. The molecule has 0 fully saturated rings. The number of thioether (sulfide) groups is 1. The molecule has 0 N–H and O–H groups in total. The van der Waals surface area contributed by atoms with Gasteiger partial charge in [0.1, 0.15) is 22.0 Å². The molecule has 0 aliphatic carbocycles. The fraction of sp³-hybridized carbons (Fsp3) is 0.400. The van der Waals surface area contributed by atoms with Gasteiger partial charge in [0.25, 0.3) is 0 Å². The zero-order valence-corrected chi connectivity index (χ0v) is 20.9. The van der Waals surface area contributed by atoms with Gasteiger partial charge >= 0.3 is 5.97 Å². The van der Waals surface area contributed by atoms with E-state index < -0.39 is 4.75 Å². The minimum absolute atomic E-state index is 0.199. The van der Waals surface area contributed by atoms with Crippen molar-refractivity contribution in [2.24, 2.45) is 0 Å². The number of carbonyl (C=O) groups is 1. The van der Waals surface area contributed by atoms with E-state index in [1.807, 2.05) is 77.0 Å². The van der Waals surface area contributed by atoms with Gasteiger partial charge in [-0.1, -0.05) is 6.08 Å². The van der Waals surface area contributed by atoms with Crippen molar-refractivity contribution >= 4 is 29.5 Å². The van der Waals surface area contributed by atoms with Gasteiger partial charge in [0, 0.05) is 32.2 Å². The summed E-state index contributed by atoms with van der Waals surface area (Å²) in [5.41, 5.74) is 2.67. The number of oxazole rings is 1. The molecule has 0 saturated carbocycles. The van der Waals surface area contributed by atoms with Crippen LogP contribution in [0.2, 0.25) is 0 Å². The van der Waals surface area contributed by atoms with E-state index in [9.17, 15) is 4.79 Å². The molecule has 0 aliphatic rings. The molecule has 3 rings (SSSR count). The van der Waals surface area contributed by atoms with Crippen molar-refractivity contribution in [3.63, 3.8) is 0 Å². The van der Waals surface area contributed by atoms with Gasteiger partial charge in [-0.3, -0.25) is 9.78 Å². The van der Waals surface area contributed by atoms with E-state index in [1.54, 1.807) is 12.4 Å². The van der Waals surface area contributed by atoms with Crippen LogP contribution in [0.3, 0.4) is 0 Å². The zero-order chi connectivity index (χ0) is 24.0. The highest BCUT2D eigenvalue weighted by atomic mass is 32.2. The molecule has 3 aromatic heterocycles. The maximum atomic E-state index is 12.0. The summed E-state index contributed by atoms with van der Waals surface area (Å²) in [5.74, 6) is 3.33. The topological polar surface area (TPSA) is 81.6 Å². The Bertz CT molecular complexity index is 1110. The third-order valence-corrected chi connectivity index (χ3v) is 6.26. The molecule has 0 amide bonds. The Morgan fingerprint density at radius 3 is 2.76 bits per heavy atom. The molecule has 176 valence electrons. The van der Waals surface area contributed by atoms with Crippen LogP contribution in [0.25, 0.3) is 17.5 Å². The summed E-state index contributed by atoms with van der Waals surface area (Å²) < 4.78 is 16.4. The number of anilines is 1. The summed E-state index contributed by atoms with van der Waals surface area (Å²) >= 11 is 1.53. The van der Waals surface area contributed by atoms with Crippen LogP contribution in [0.5, 0.6) is 0 Å². The number of carbonyl (C=O) groups excluding carboxylic acids is 1. The van der Waals surface area contributed by atoms with Crippen molar-refractivity contribution in [2.75, 3.05) is 31.4 Å². The predicted molar refractivity (Wildman–Crippen MR) is 133 cm³/mol. The van der Waals surface area contributed by atoms with Gasteiger partial charge in [-0.05, 0) is 52.0 Å². The van der Waals surface area contributed by atoms with E-state index in [0.29, 0.717) is 24.7 Å². The second kappa shape index (κ2) is 10.7. The van der Waals surface area contributed by atoms with E-state index in [-0.39, 0.29) is 5.97 Å². The number of rotatable bonds is 10. The average Bonchev–Trinajstić information content (AvgIpc) is 3.38. The lowest BCUT2D eigenvalue weighted by Crippen LogP contribution is -2.30. The first-order valence-electron chi connectivity index (χ1n) is 10.9. The summed E-state index contributed by atoms with van der Waals surface area (Å²) in [6, 6.07) is 5.80. The third-order valence-electron chi connectivity index (χ3n) is 5.02. The van der Waals surface area contributed by atoms with Crippen LogP contribution in [0.1, 0.15) is 43.7 Å². The number of aromatic nitrogens is 2. The Morgan fingerprint density at radius 2 is 2.03 bits per heavy atom. The summed E-state index contributed by atoms with van der Waals surface area (Å²) in [7, 11) is 3.95. The zero-order valence-electron chi connectivity index (χ0n) is 20.0. The van der Waals surface area contributed by atoms with Gasteiger partial charge in [0.05, 0.1) is 30.0 Å². The van der Waals surface area contributed by atoms with E-state index in [4.69, 9.17) is 18.6 Å². The standard InChI is InChI=1S/C25H31N3O4S/c1-7-30-24(29)25(3,4)33-14-8-9-18-10-11-19(32-18)15-21-17(2)31-23(27-21)20-16-26-13-12-22(20)28(5)6/h8-13,16H,7,14-15H2,1-6H3. The Balaban J connectivity index is 1.64. The number of hydrogen-bond donors (Lipinski definition) is 0. The molecule has 0 atom stereocenters. The minimum atomic E-state index is -0.586. The molecule has 0 spiro atoms. The number of ether oxygens (including phenoxy) is 1. The maximum Gasteiger partial charge on any atom is 0.321 e. The quantitative estimate of drug-likeness (QED) is 0.366. The summed E-state index contributed by atoms with van der Waals surface area (Å²) in [4.78, 5) is 22.9. The van der Waals surface area contributed by atoms with Gasteiger partial charge in [-0.25, -0.2) is 4.98 Å². The van der Waals surface area contributed by atoms with Crippen LogP contribution in [0.15, 0.2) is 45.5 Å². The molecule has 0 bridgehead atoms. The van der Waals surface area contributed by atoms with Crippen LogP contribution in [0, 0.1) is 6.92 Å². The average molecular weight is 470 g/mol. The highest BCUT2D eigenvalue weighted by Crippen LogP contribution is 2.30. The van der Waals surface area contributed by atoms with Crippen molar-refractivity contribution in [2.45, 2.75) is 38.9 Å². The molecule has 3 aromatic rings. The van der Waals surface area contributed by atoms with Gasteiger partial charge in [-0.2, -0.15) is 0 Å². The highest BCUT2D eigenvalue weighted by Gasteiger charge is 2.29. The molecular weight excluding hydrogens is 438 g/mol. The second-order valence-corrected chi connectivity index (χ2v) is 9.88. The fourth-order valence-electron chi connectivity index (χ4n) is 3.18. The van der Waals surface area contributed by atoms with Crippen LogP contribution in [-0.4, -0.2) is 47.1 Å². The molecule has 0 aliphatic heterocycles. The highest BCUT2D eigenvalue weighted by molar-refractivity contribution is 8.01. The van der Waals surface area contributed by atoms with Crippen molar-refractivity contribution < 1.29 is 18.4 Å². The Hall–Kier alpha value is -3.00. The molecular formula is C25H31N3O4S. The first kappa shape index (κ1) is 24.6. The second-order valence-electron chi connectivity index (χ2n) is 8.23.